The maximum atomic E-state index is 5.54. The largest absolute Gasteiger partial charge is 0.370 e. The average Bonchev–Trinajstić information content (AvgIpc) is 2.29. The highest BCUT2D eigenvalue weighted by molar-refractivity contribution is 5.25. The van der Waals surface area contributed by atoms with Crippen molar-refractivity contribution in [2.45, 2.75) is 33.4 Å². The first kappa shape index (κ1) is 7.80. The van der Waals surface area contributed by atoms with Crippen molar-refractivity contribution >= 4 is 0 Å². The Hall–Kier alpha value is -0.830. The zero-order valence-corrected chi connectivity index (χ0v) is 7.79. The van der Waals surface area contributed by atoms with Gasteiger partial charge in [-0.25, -0.2) is 0 Å². The topological polar surface area (TPSA) is 27.1 Å². The average molecular weight is 166 g/mol. The molecule has 1 aromatic heterocycles. The summed E-state index contributed by atoms with van der Waals surface area (Å²) in [6.07, 6.45) is 0.208. The van der Waals surface area contributed by atoms with Gasteiger partial charge in [0.15, 0.2) is 0 Å². The van der Waals surface area contributed by atoms with E-state index in [0.29, 0.717) is 0 Å². The van der Waals surface area contributed by atoms with Crippen LogP contribution >= 0.6 is 0 Å². The van der Waals surface area contributed by atoms with Crippen molar-refractivity contribution in [2.24, 2.45) is 0 Å². The van der Waals surface area contributed by atoms with E-state index in [1.54, 1.807) is 0 Å². The van der Waals surface area contributed by atoms with E-state index in [-0.39, 0.29) is 6.10 Å². The summed E-state index contributed by atoms with van der Waals surface area (Å²) < 4.78 is 7.61. The lowest BCUT2D eigenvalue weighted by molar-refractivity contribution is 0.0283. The quantitative estimate of drug-likeness (QED) is 0.585. The van der Waals surface area contributed by atoms with Crippen LogP contribution in [0.1, 0.15) is 30.0 Å². The molecule has 2 heterocycles. The summed E-state index contributed by atoms with van der Waals surface area (Å²) in [6.45, 7) is 7.93. The molecule has 0 saturated heterocycles. The Kier molecular flexibility index (Phi) is 1.68. The number of aromatic nitrogens is 2. The third-order valence-electron chi connectivity index (χ3n) is 2.53. The maximum absolute atomic E-state index is 5.54. The normalized spacial score (nSPS) is 22.4. The van der Waals surface area contributed by atoms with Gasteiger partial charge in [0.2, 0.25) is 0 Å². The fraction of sp³-hybridized carbons (Fsp3) is 0.667. The van der Waals surface area contributed by atoms with Crippen LogP contribution in [-0.4, -0.2) is 16.4 Å². The predicted octanol–water partition coefficient (Wildman–Crippen LogP) is 1.59. The van der Waals surface area contributed by atoms with Crippen LogP contribution in [-0.2, 0) is 11.3 Å². The lowest BCUT2D eigenvalue weighted by Gasteiger charge is -2.21. The summed E-state index contributed by atoms with van der Waals surface area (Å²) >= 11 is 0. The van der Waals surface area contributed by atoms with Crippen LogP contribution in [0.2, 0.25) is 0 Å². The molecule has 1 aromatic rings. The van der Waals surface area contributed by atoms with E-state index in [4.69, 9.17) is 4.74 Å². The zero-order valence-electron chi connectivity index (χ0n) is 7.79. The number of hydrogen-bond donors (Lipinski definition) is 0. The first-order chi connectivity index (χ1) is 5.70. The molecule has 0 bridgehead atoms. The number of rotatable bonds is 0. The molecule has 3 heteroatoms. The van der Waals surface area contributed by atoms with Crippen molar-refractivity contribution in [3.8, 4) is 0 Å². The van der Waals surface area contributed by atoms with Crippen molar-refractivity contribution in [1.82, 2.24) is 9.78 Å². The van der Waals surface area contributed by atoms with Gasteiger partial charge < -0.3 is 4.74 Å². The first-order valence-corrected chi connectivity index (χ1v) is 4.35. The Morgan fingerprint density at radius 2 is 2.25 bits per heavy atom. The van der Waals surface area contributed by atoms with E-state index < -0.39 is 0 Å². The minimum Gasteiger partial charge on any atom is -0.370 e. The summed E-state index contributed by atoms with van der Waals surface area (Å²) in [5.41, 5.74) is 3.66. The molecule has 1 unspecified atom stereocenters. The Morgan fingerprint density at radius 1 is 1.50 bits per heavy atom. The summed E-state index contributed by atoms with van der Waals surface area (Å²) in [5.74, 6) is 0. The van der Waals surface area contributed by atoms with Gasteiger partial charge in [-0.1, -0.05) is 0 Å². The Bertz CT molecular complexity index is 304. The molecule has 12 heavy (non-hydrogen) atoms. The second-order valence-electron chi connectivity index (χ2n) is 3.33. The molecule has 3 nitrogen and oxygen atoms in total. The molecule has 0 spiro atoms. The second-order valence-corrected chi connectivity index (χ2v) is 3.33. The van der Waals surface area contributed by atoms with Crippen LogP contribution in [0.3, 0.4) is 0 Å². The zero-order chi connectivity index (χ0) is 8.72. The molecule has 2 rings (SSSR count). The van der Waals surface area contributed by atoms with Gasteiger partial charge in [0.25, 0.3) is 0 Å². The van der Waals surface area contributed by atoms with Gasteiger partial charge in [0.1, 0.15) is 0 Å². The monoisotopic (exact) mass is 166 g/mol. The third kappa shape index (κ3) is 0.966. The van der Waals surface area contributed by atoms with Crippen molar-refractivity contribution in [3.05, 3.63) is 17.0 Å². The molecule has 0 fully saturated rings. The van der Waals surface area contributed by atoms with Gasteiger partial charge in [0, 0.05) is 0 Å². The molecule has 1 atom stereocenters. The maximum Gasteiger partial charge on any atom is 0.0967 e. The van der Waals surface area contributed by atoms with Gasteiger partial charge in [0.05, 0.1) is 30.6 Å². The molecule has 1 aliphatic heterocycles. The van der Waals surface area contributed by atoms with Crippen LogP contribution in [0.25, 0.3) is 0 Å². The third-order valence-corrected chi connectivity index (χ3v) is 2.53. The van der Waals surface area contributed by atoms with E-state index in [1.807, 2.05) is 6.92 Å². The molecule has 0 aromatic carbocycles. The first-order valence-electron chi connectivity index (χ1n) is 4.35. The molecule has 0 amide bonds. The van der Waals surface area contributed by atoms with Gasteiger partial charge in [-0.05, 0) is 26.3 Å². The molecule has 0 saturated carbocycles. The van der Waals surface area contributed by atoms with Crippen molar-refractivity contribution in [2.75, 3.05) is 6.61 Å². The molecular formula is C9H14N2O. The van der Waals surface area contributed by atoms with Crippen LogP contribution < -0.4 is 0 Å². The standard InChI is InChI=1S/C9H14N2O/c1-6-7(2)10-11-4-5-12-8(3)9(6)11/h8H,4-5H2,1-3H3. The number of fused-ring (bicyclic) bond motifs is 1. The lowest BCUT2D eigenvalue weighted by Crippen LogP contribution is -2.20. The summed E-state index contributed by atoms with van der Waals surface area (Å²) in [7, 11) is 0. The van der Waals surface area contributed by atoms with Crippen LogP contribution in [0.15, 0.2) is 0 Å². The van der Waals surface area contributed by atoms with E-state index in [1.165, 1.54) is 11.3 Å². The van der Waals surface area contributed by atoms with E-state index in [2.05, 4.69) is 23.6 Å². The molecule has 66 valence electrons. The summed E-state index contributed by atoms with van der Waals surface area (Å²) in [5, 5.41) is 4.44. The van der Waals surface area contributed by atoms with Gasteiger partial charge in [-0.15, -0.1) is 0 Å². The van der Waals surface area contributed by atoms with Crippen LogP contribution in [0, 0.1) is 13.8 Å². The predicted molar refractivity (Wildman–Crippen MR) is 46.1 cm³/mol. The minimum absolute atomic E-state index is 0.208. The number of hydrogen-bond acceptors (Lipinski definition) is 2. The van der Waals surface area contributed by atoms with E-state index in [9.17, 15) is 0 Å². The Labute approximate surface area is 72.3 Å². The van der Waals surface area contributed by atoms with Gasteiger partial charge in [-0.2, -0.15) is 5.10 Å². The highest BCUT2D eigenvalue weighted by Crippen LogP contribution is 2.25. The van der Waals surface area contributed by atoms with Crippen molar-refractivity contribution < 1.29 is 4.74 Å². The van der Waals surface area contributed by atoms with Gasteiger partial charge in [-0.3, -0.25) is 4.68 Å². The van der Waals surface area contributed by atoms with Crippen LogP contribution in [0.5, 0.6) is 0 Å². The smallest absolute Gasteiger partial charge is 0.0967 e. The summed E-state index contributed by atoms with van der Waals surface area (Å²) in [4.78, 5) is 0. The molecular weight excluding hydrogens is 152 g/mol. The Morgan fingerprint density at radius 3 is 2.92 bits per heavy atom. The van der Waals surface area contributed by atoms with Crippen molar-refractivity contribution in [1.29, 1.82) is 0 Å². The number of aryl methyl sites for hydroxylation is 1. The molecule has 0 N–H and O–H groups in total. The minimum atomic E-state index is 0.208. The number of ether oxygens (including phenoxy) is 1. The van der Waals surface area contributed by atoms with E-state index >= 15 is 0 Å². The number of nitrogens with zero attached hydrogens (tertiary/aromatic N) is 2. The highest BCUT2D eigenvalue weighted by atomic mass is 16.5. The highest BCUT2D eigenvalue weighted by Gasteiger charge is 2.21. The van der Waals surface area contributed by atoms with E-state index in [0.717, 1.165) is 18.8 Å². The Balaban J connectivity index is 2.54. The summed E-state index contributed by atoms with van der Waals surface area (Å²) in [6, 6.07) is 0. The molecule has 1 aliphatic rings. The molecule has 0 aliphatic carbocycles. The molecule has 0 radical (unpaired) electrons. The lowest BCUT2D eigenvalue weighted by atomic mass is 10.1. The fourth-order valence-corrected chi connectivity index (χ4v) is 1.77. The second kappa shape index (κ2) is 2.59. The SMILES string of the molecule is Cc1nn2c(c1C)C(C)OCC2. The fourth-order valence-electron chi connectivity index (χ4n) is 1.77. The van der Waals surface area contributed by atoms with Crippen LogP contribution in [0.4, 0.5) is 0 Å². The van der Waals surface area contributed by atoms with Crippen molar-refractivity contribution in [3.63, 3.8) is 0 Å². The van der Waals surface area contributed by atoms with Gasteiger partial charge >= 0.3 is 0 Å².